The Hall–Kier alpha value is -3.60. The van der Waals surface area contributed by atoms with Gasteiger partial charge in [-0.05, 0) is 30.4 Å². The number of hydrogen-bond acceptors (Lipinski definition) is 5. The number of aliphatic carboxylic acids is 1. The van der Waals surface area contributed by atoms with Crippen LogP contribution in [0.5, 0.6) is 0 Å². The molecule has 2 rings (SSSR count). The summed E-state index contributed by atoms with van der Waals surface area (Å²) in [7, 11) is 0. The van der Waals surface area contributed by atoms with Crippen molar-refractivity contribution in [2.75, 3.05) is 6.54 Å². The molecule has 2 aromatic rings. The van der Waals surface area contributed by atoms with Crippen LogP contribution in [0, 0.1) is 5.92 Å². The number of H-pyrrole nitrogens is 1. The highest BCUT2D eigenvalue weighted by atomic mass is 16.4. The molecule has 0 unspecified atom stereocenters. The smallest absolute Gasteiger partial charge is 0.326 e. The minimum atomic E-state index is -1.13. The molecule has 11 nitrogen and oxygen atoms in total. The number of aromatic nitrogens is 1. The average Bonchev–Trinajstić information content (AvgIpc) is 3.21. The van der Waals surface area contributed by atoms with Gasteiger partial charge in [-0.15, -0.1) is 0 Å². The number of carbonyl (C=O) groups excluding carboxylic acids is 2. The number of hydrogen-bond donors (Lipinski definition) is 7. The van der Waals surface area contributed by atoms with Crippen molar-refractivity contribution in [1.29, 1.82) is 0 Å². The quantitative estimate of drug-likeness (QED) is 0.122. The second-order valence-electron chi connectivity index (χ2n) is 8.39. The third kappa shape index (κ3) is 7.48. The molecule has 11 heteroatoms. The number of nitrogens with two attached hydrogens (primary N) is 3. The second-order valence-corrected chi connectivity index (χ2v) is 8.39. The van der Waals surface area contributed by atoms with Crippen LogP contribution in [0.15, 0.2) is 35.5 Å². The van der Waals surface area contributed by atoms with E-state index in [1.807, 2.05) is 31.2 Å². The van der Waals surface area contributed by atoms with E-state index < -0.39 is 35.9 Å². The SMILES string of the molecule is CC[C@H](C)[C@H](NC(=O)[C@H](Cc1c[nH]c2ccccc12)NC(=O)[C@@H](N)CCCN=C(N)N)C(=O)O. The predicted molar refractivity (Wildman–Crippen MR) is 131 cm³/mol. The lowest BCUT2D eigenvalue weighted by atomic mass is 9.98. The molecule has 0 bridgehead atoms. The van der Waals surface area contributed by atoms with E-state index in [4.69, 9.17) is 17.2 Å². The zero-order valence-corrected chi connectivity index (χ0v) is 19.6. The molecular formula is C23H35N7O4. The van der Waals surface area contributed by atoms with E-state index in [9.17, 15) is 19.5 Å². The second kappa shape index (κ2) is 12.6. The zero-order chi connectivity index (χ0) is 25.3. The molecule has 0 radical (unpaired) electrons. The third-order valence-corrected chi connectivity index (χ3v) is 5.81. The number of benzene rings is 1. The Kier molecular flexibility index (Phi) is 9.87. The molecular weight excluding hydrogens is 438 g/mol. The van der Waals surface area contributed by atoms with Gasteiger partial charge in [0.15, 0.2) is 5.96 Å². The van der Waals surface area contributed by atoms with Gasteiger partial charge in [-0.1, -0.05) is 38.5 Å². The highest BCUT2D eigenvalue weighted by Crippen LogP contribution is 2.19. The number of nitrogens with one attached hydrogen (secondary N) is 3. The van der Waals surface area contributed by atoms with Gasteiger partial charge in [-0.3, -0.25) is 14.6 Å². The van der Waals surface area contributed by atoms with Crippen LogP contribution < -0.4 is 27.8 Å². The molecule has 1 aromatic heterocycles. The summed E-state index contributed by atoms with van der Waals surface area (Å²) in [5.41, 5.74) is 18.3. The summed E-state index contributed by atoms with van der Waals surface area (Å²) in [5, 5.41) is 15.8. The van der Waals surface area contributed by atoms with Crippen molar-refractivity contribution >= 4 is 34.6 Å². The van der Waals surface area contributed by atoms with Gasteiger partial charge in [0.2, 0.25) is 11.8 Å². The van der Waals surface area contributed by atoms with Crippen LogP contribution in [-0.2, 0) is 20.8 Å². The monoisotopic (exact) mass is 473 g/mol. The van der Waals surface area contributed by atoms with Crippen LogP contribution in [0.2, 0.25) is 0 Å². The number of guanidine groups is 1. The summed E-state index contributed by atoms with van der Waals surface area (Å²) in [4.78, 5) is 44.6. The van der Waals surface area contributed by atoms with Crippen LogP contribution in [-0.4, -0.2) is 58.5 Å². The topological polar surface area (TPSA) is 202 Å². The van der Waals surface area contributed by atoms with Gasteiger partial charge in [0.05, 0.1) is 6.04 Å². The first kappa shape index (κ1) is 26.7. The summed E-state index contributed by atoms with van der Waals surface area (Å²) >= 11 is 0. The fourth-order valence-electron chi connectivity index (χ4n) is 3.60. The number of para-hydroxylation sites is 1. The Morgan fingerprint density at radius 2 is 1.85 bits per heavy atom. The van der Waals surface area contributed by atoms with Gasteiger partial charge in [-0.2, -0.15) is 0 Å². The first-order chi connectivity index (χ1) is 16.1. The summed E-state index contributed by atoms with van der Waals surface area (Å²) in [6, 6.07) is 4.62. The molecule has 0 aliphatic rings. The predicted octanol–water partition coefficient (Wildman–Crippen LogP) is 0.192. The summed E-state index contributed by atoms with van der Waals surface area (Å²) < 4.78 is 0. The highest BCUT2D eigenvalue weighted by Gasteiger charge is 2.31. The number of rotatable bonds is 13. The number of aromatic amines is 1. The Morgan fingerprint density at radius 3 is 2.50 bits per heavy atom. The van der Waals surface area contributed by atoms with Crippen molar-refractivity contribution in [3.8, 4) is 0 Å². The molecule has 0 aliphatic carbocycles. The van der Waals surface area contributed by atoms with Gasteiger partial charge in [0.1, 0.15) is 12.1 Å². The van der Waals surface area contributed by atoms with Gasteiger partial charge in [0, 0.05) is 30.1 Å². The number of carboxylic acid groups (broad SMARTS) is 1. The fourth-order valence-corrected chi connectivity index (χ4v) is 3.60. The van der Waals surface area contributed by atoms with Crippen molar-refractivity contribution in [3.05, 3.63) is 36.0 Å². The molecule has 4 atom stereocenters. The van der Waals surface area contributed by atoms with E-state index in [2.05, 4.69) is 20.6 Å². The Bertz CT molecular complexity index is 1020. The summed E-state index contributed by atoms with van der Waals surface area (Å²) in [5.74, 6) is -2.55. The fraction of sp³-hybridized carbons (Fsp3) is 0.478. The van der Waals surface area contributed by atoms with Crippen LogP contribution >= 0.6 is 0 Å². The molecule has 0 saturated carbocycles. The van der Waals surface area contributed by atoms with E-state index in [0.717, 1.165) is 16.5 Å². The van der Waals surface area contributed by atoms with Crippen LogP contribution in [0.1, 0.15) is 38.7 Å². The molecule has 0 fully saturated rings. The van der Waals surface area contributed by atoms with Crippen molar-refractivity contribution in [3.63, 3.8) is 0 Å². The molecule has 0 saturated heterocycles. The van der Waals surface area contributed by atoms with Crippen LogP contribution in [0.25, 0.3) is 10.9 Å². The van der Waals surface area contributed by atoms with E-state index in [-0.39, 0.29) is 18.3 Å². The van der Waals surface area contributed by atoms with Gasteiger partial charge in [0.25, 0.3) is 0 Å². The molecule has 0 spiro atoms. The lowest BCUT2D eigenvalue weighted by molar-refractivity contribution is -0.143. The maximum atomic E-state index is 13.1. The normalized spacial score (nSPS) is 14.6. The van der Waals surface area contributed by atoms with Crippen LogP contribution in [0.4, 0.5) is 0 Å². The Balaban J connectivity index is 2.19. The van der Waals surface area contributed by atoms with E-state index in [1.54, 1.807) is 13.1 Å². The molecule has 34 heavy (non-hydrogen) atoms. The van der Waals surface area contributed by atoms with Gasteiger partial charge in [-0.25, -0.2) is 4.79 Å². The van der Waals surface area contributed by atoms with Crippen molar-refractivity contribution in [2.45, 2.75) is 57.7 Å². The Morgan fingerprint density at radius 1 is 1.15 bits per heavy atom. The number of aliphatic imine (C=N–C) groups is 1. The molecule has 2 amide bonds. The van der Waals surface area contributed by atoms with E-state index in [0.29, 0.717) is 25.8 Å². The number of fused-ring (bicyclic) bond motifs is 1. The molecule has 1 heterocycles. The molecule has 10 N–H and O–H groups in total. The standard InChI is InChI=1S/C23H35N7O4/c1-3-13(2)19(22(33)34)30-21(32)18(11-14-12-28-17-9-5-4-7-15(14)17)29-20(31)16(24)8-6-10-27-23(25)26/h4-5,7,9,12-13,16,18-19,28H,3,6,8,10-11,24H2,1-2H3,(H,29,31)(H,30,32)(H,33,34)(H4,25,26,27)/t13-,16-,18-,19-/m0/s1. The van der Waals surface area contributed by atoms with E-state index in [1.165, 1.54) is 0 Å². The first-order valence-electron chi connectivity index (χ1n) is 11.3. The third-order valence-electron chi connectivity index (χ3n) is 5.81. The number of amides is 2. The minimum absolute atomic E-state index is 0.0391. The first-order valence-corrected chi connectivity index (χ1v) is 11.3. The highest BCUT2D eigenvalue weighted by molar-refractivity contribution is 5.93. The van der Waals surface area contributed by atoms with Crippen molar-refractivity contribution < 1.29 is 19.5 Å². The lowest BCUT2D eigenvalue weighted by Crippen LogP contribution is -2.56. The lowest BCUT2D eigenvalue weighted by Gasteiger charge is -2.25. The summed E-state index contributed by atoms with van der Waals surface area (Å²) in [6.45, 7) is 3.93. The van der Waals surface area contributed by atoms with Crippen molar-refractivity contribution in [2.24, 2.45) is 28.1 Å². The summed E-state index contributed by atoms with van der Waals surface area (Å²) in [6.07, 6.45) is 3.30. The maximum absolute atomic E-state index is 13.1. The Labute approximate surface area is 198 Å². The van der Waals surface area contributed by atoms with Gasteiger partial charge < -0.3 is 37.9 Å². The molecule has 0 aliphatic heterocycles. The zero-order valence-electron chi connectivity index (χ0n) is 19.6. The van der Waals surface area contributed by atoms with Crippen LogP contribution in [0.3, 0.4) is 0 Å². The van der Waals surface area contributed by atoms with E-state index >= 15 is 0 Å². The number of nitrogens with zero attached hydrogens (tertiary/aromatic N) is 1. The minimum Gasteiger partial charge on any atom is -0.480 e. The maximum Gasteiger partial charge on any atom is 0.326 e. The number of carboxylic acids is 1. The largest absolute Gasteiger partial charge is 0.480 e. The number of carbonyl (C=O) groups is 3. The van der Waals surface area contributed by atoms with Crippen molar-refractivity contribution in [1.82, 2.24) is 15.6 Å². The molecule has 1 aromatic carbocycles. The van der Waals surface area contributed by atoms with Gasteiger partial charge >= 0.3 is 5.97 Å². The average molecular weight is 474 g/mol. The molecule has 186 valence electrons.